The number of fused-ring (bicyclic) bond motifs is 1. The molecule has 0 bridgehead atoms. The molecule has 0 spiro atoms. The average Bonchev–Trinajstić information content (AvgIpc) is 2.91. The molecule has 0 saturated carbocycles. The molecular formula is C16H24N4S. The molecule has 1 fully saturated rings. The van der Waals surface area contributed by atoms with E-state index in [0.717, 1.165) is 26.1 Å². The van der Waals surface area contributed by atoms with E-state index < -0.39 is 0 Å². The summed E-state index contributed by atoms with van der Waals surface area (Å²) < 4.78 is 1.36. The highest BCUT2D eigenvalue weighted by molar-refractivity contribution is 7.17. The quantitative estimate of drug-likeness (QED) is 0.664. The fourth-order valence-corrected chi connectivity index (χ4v) is 4.19. The Hall–Kier alpha value is -0.980. The lowest BCUT2D eigenvalue weighted by Crippen LogP contribution is -2.60. The van der Waals surface area contributed by atoms with Crippen molar-refractivity contribution >= 4 is 21.4 Å². The molecule has 1 saturated heterocycles. The Balaban J connectivity index is 1.80. The third-order valence-corrected chi connectivity index (χ3v) is 5.59. The largest absolute Gasteiger partial charge is 0.303 e. The summed E-state index contributed by atoms with van der Waals surface area (Å²) in [5.74, 6) is 5.88. The summed E-state index contributed by atoms with van der Waals surface area (Å²) in [6.45, 7) is 3.29. The third-order valence-electron chi connectivity index (χ3n) is 4.58. The van der Waals surface area contributed by atoms with Crippen molar-refractivity contribution in [1.82, 2.24) is 15.2 Å². The topological polar surface area (TPSA) is 44.5 Å². The van der Waals surface area contributed by atoms with Crippen LogP contribution in [-0.4, -0.2) is 55.6 Å². The monoisotopic (exact) mass is 304 g/mol. The normalized spacial score (nSPS) is 22.7. The van der Waals surface area contributed by atoms with Gasteiger partial charge in [-0.25, -0.2) is 0 Å². The van der Waals surface area contributed by atoms with E-state index in [-0.39, 0.29) is 6.04 Å². The van der Waals surface area contributed by atoms with Crippen molar-refractivity contribution < 1.29 is 0 Å². The highest BCUT2D eigenvalue weighted by Crippen LogP contribution is 2.27. The predicted molar refractivity (Wildman–Crippen MR) is 90.6 cm³/mol. The standard InChI is InChI=1S/C16H24N4S/c1-19-7-8-20(2)15(10-19)14(18-17)9-12-11-21-16-6-4-3-5-13(12)16/h3-6,11,14-15,18H,7-10,17H2,1-2H3. The van der Waals surface area contributed by atoms with Gasteiger partial charge in [-0.1, -0.05) is 18.2 Å². The van der Waals surface area contributed by atoms with Gasteiger partial charge in [-0.05, 0) is 42.9 Å². The van der Waals surface area contributed by atoms with Gasteiger partial charge in [-0.15, -0.1) is 11.3 Å². The molecule has 114 valence electrons. The molecule has 0 amide bonds. The van der Waals surface area contributed by atoms with Crippen LogP contribution >= 0.6 is 11.3 Å². The third kappa shape index (κ3) is 3.12. The number of nitrogens with one attached hydrogen (secondary N) is 1. The zero-order chi connectivity index (χ0) is 14.8. The van der Waals surface area contributed by atoms with Crippen molar-refractivity contribution in [3.05, 3.63) is 35.2 Å². The second-order valence-electron chi connectivity index (χ2n) is 6.04. The number of likely N-dealkylation sites (N-methyl/N-ethyl adjacent to an activating group) is 2. The number of hydrogen-bond donors (Lipinski definition) is 2. The van der Waals surface area contributed by atoms with E-state index in [9.17, 15) is 0 Å². The minimum Gasteiger partial charge on any atom is -0.303 e. The van der Waals surface area contributed by atoms with Crippen LogP contribution in [0.2, 0.25) is 0 Å². The molecule has 1 aliphatic rings. The molecular weight excluding hydrogens is 280 g/mol. The van der Waals surface area contributed by atoms with Crippen LogP contribution in [0.4, 0.5) is 0 Å². The number of benzene rings is 1. The summed E-state index contributed by atoms with van der Waals surface area (Å²) in [5.41, 5.74) is 4.46. The average molecular weight is 304 g/mol. The first-order valence-corrected chi connectivity index (χ1v) is 8.37. The van der Waals surface area contributed by atoms with E-state index in [1.54, 1.807) is 0 Å². The molecule has 5 heteroatoms. The first-order chi connectivity index (χ1) is 10.2. The molecule has 2 atom stereocenters. The van der Waals surface area contributed by atoms with Gasteiger partial charge in [-0.3, -0.25) is 16.2 Å². The molecule has 3 N–H and O–H groups in total. The fourth-order valence-electron chi connectivity index (χ4n) is 3.21. The highest BCUT2D eigenvalue weighted by atomic mass is 32.1. The van der Waals surface area contributed by atoms with Crippen LogP contribution < -0.4 is 11.3 Å². The predicted octanol–water partition coefficient (Wildman–Crippen LogP) is 1.52. The van der Waals surface area contributed by atoms with Gasteiger partial charge >= 0.3 is 0 Å². The Morgan fingerprint density at radius 2 is 2.14 bits per heavy atom. The summed E-state index contributed by atoms with van der Waals surface area (Å²) in [4.78, 5) is 4.82. The van der Waals surface area contributed by atoms with Gasteiger partial charge in [0.15, 0.2) is 0 Å². The van der Waals surface area contributed by atoms with Gasteiger partial charge in [-0.2, -0.15) is 0 Å². The molecule has 2 heterocycles. The molecule has 0 aliphatic carbocycles. The number of hydrogen-bond acceptors (Lipinski definition) is 5. The molecule has 1 aromatic heterocycles. The second-order valence-corrected chi connectivity index (χ2v) is 6.96. The number of nitrogens with two attached hydrogens (primary N) is 1. The van der Waals surface area contributed by atoms with Crippen molar-refractivity contribution in [3.8, 4) is 0 Å². The first-order valence-electron chi connectivity index (χ1n) is 7.49. The van der Waals surface area contributed by atoms with Crippen LogP contribution in [-0.2, 0) is 6.42 Å². The van der Waals surface area contributed by atoms with E-state index in [0.29, 0.717) is 6.04 Å². The van der Waals surface area contributed by atoms with Crippen LogP contribution in [0.3, 0.4) is 0 Å². The summed E-state index contributed by atoms with van der Waals surface area (Å²) >= 11 is 1.82. The van der Waals surface area contributed by atoms with Crippen molar-refractivity contribution in [2.24, 2.45) is 5.84 Å². The van der Waals surface area contributed by atoms with Gasteiger partial charge in [0.05, 0.1) is 0 Å². The molecule has 3 rings (SSSR count). The fraction of sp³-hybridized carbons (Fsp3) is 0.500. The Morgan fingerprint density at radius 3 is 2.95 bits per heavy atom. The van der Waals surface area contributed by atoms with Crippen LogP contribution in [0.25, 0.3) is 10.1 Å². The van der Waals surface area contributed by atoms with Crippen molar-refractivity contribution in [3.63, 3.8) is 0 Å². The van der Waals surface area contributed by atoms with E-state index in [2.05, 4.69) is 59.0 Å². The lowest BCUT2D eigenvalue weighted by atomic mass is 9.97. The van der Waals surface area contributed by atoms with E-state index in [1.165, 1.54) is 15.6 Å². The van der Waals surface area contributed by atoms with Gasteiger partial charge < -0.3 is 4.90 Å². The van der Waals surface area contributed by atoms with E-state index in [4.69, 9.17) is 5.84 Å². The first kappa shape index (κ1) is 14.9. The van der Waals surface area contributed by atoms with Gasteiger partial charge in [0, 0.05) is 36.4 Å². The molecule has 2 aromatic rings. The van der Waals surface area contributed by atoms with E-state index in [1.807, 2.05) is 11.3 Å². The minimum atomic E-state index is 0.274. The van der Waals surface area contributed by atoms with Crippen molar-refractivity contribution in [2.45, 2.75) is 18.5 Å². The maximum Gasteiger partial charge on any atom is 0.0419 e. The van der Waals surface area contributed by atoms with Gasteiger partial charge in [0.2, 0.25) is 0 Å². The SMILES string of the molecule is CN1CCN(C)C(C(Cc2csc3ccccc23)NN)C1. The molecule has 21 heavy (non-hydrogen) atoms. The van der Waals surface area contributed by atoms with Crippen molar-refractivity contribution in [2.75, 3.05) is 33.7 Å². The Labute approximate surface area is 130 Å². The van der Waals surface area contributed by atoms with Crippen LogP contribution in [0.15, 0.2) is 29.6 Å². The molecule has 1 aromatic carbocycles. The summed E-state index contributed by atoms with van der Waals surface area (Å²) in [5, 5.41) is 3.65. The minimum absolute atomic E-state index is 0.274. The number of hydrazine groups is 1. The van der Waals surface area contributed by atoms with Gasteiger partial charge in [0.25, 0.3) is 0 Å². The number of thiophene rings is 1. The molecule has 4 nitrogen and oxygen atoms in total. The molecule has 0 radical (unpaired) electrons. The maximum atomic E-state index is 5.88. The second kappa shape index (κ2) is 6.42. The zero-order valence-corrected chi connectivity index (χ0v) is 13.6. The highest BCUT2D eigenvalue weighted by Gasteiger charge is 2.29. The van der Waals surface area contributed by atoms with Crippen LogP contribution in [0.1, 0.15) is 5.56 Å². The van der Waals surface area contributed by atoms with E-state index >= 15 is 0 Å². The maximum absolute atomic E-state index is 5.88. The Morgan fingerprint density at radius 1 is 1.33 bits per heavy atom. The van der Waals surface area contributed by atoms with Crippen molar-refractivity contribution in [1.29, 1.82) is 0 Å². The van der Waals surface area contributed by atoms with Gasteiger partial charge in [0.1, 0.15) is 0 Å². The Kier molecular flexibility index (Phi) is 4.57. The number of rotatable bonds is 4. The lowest BCUT2D eigenvalue weighted by molar-refractivity contribution is 0.0878. The Bertz CT molecular complexity index is 597. The summed E-state index contributed by atoms with van der Waals surface area (Å²) in [6, 6.07) is 9.35. The summed E-state index contributed by atoms with van der Waals surface area (Å²) in [6.07, 6.45) is 0.976. The van der Waals surface area contributed by atoms with Crippen LogP contribution in [0.5, 0.6) is 0 Å². The summed E-state index contributed by atoms with van der Waals surface area (Å²) in [7, 11) is 4.39. The zero-order valence-electron chi connectivity index (χ0n) is 12.7. The molecule has 2 unspecified atom stereocenters. The number of nitrogens with zero attached hydrogens (tertiary/aromatic N) is 2. The molecule has 1 aliphatic heterocycles. The number of piperazine rings is 1. The smallest absolute Gasteiger partial charge is 0.0419 e. The van der Waals surface area contributed by atoms with Crippen LogP contribution in [0, 0.1) is 0 Å². The lowest BCUT2D eigenvalue weighted by Gasteiger charge is -2.41.